The molecule has 26 heavy (non-hydrogen) atoms. The first-order valence-corrected chi connectivity index (χ1v) is 8.64. The predicted octanol–water partition coefficient (Wildman–Crippen LogP) is 1.50. The van der Waals surface area contributed by atoms with E-state index in [-0.39, 0.29) is 24.0 Å². The molecule has 3 rings (SSSR count). The number of carbonyl (C=O) groups is 2. The lowest BCUT2D eigenvalue weighted by Gasteiger charge is -2.35. The molecule has 0 saturated carbocycles. The van der Waals surface area contributed by atoms with E-state index >= 15 is 0 Å². The minimum Gasteiger partial charge on any atom is -0.339 e. The van der Waals surface area contributed by atoms with E-state index in [2.05, 4.69) is 24.3 Å². The third kappa shape index (κ3) is 4.14. The lowest BCUT2D eigenvalue weighted by atomic mass is 10.2. The van der Waals surface area contributed by atoms with Gasteiger partial charge in [0.2, 0.25) is 5.91 Å². The highest BCUT2D eigenvalue weighted by Gasteiger charge is 2.27. The average Bonchev–Trinajstić information content (AvgIpc) is 3.03. The summed E-state index contributed by atoms with van der Waals surface area (Å²) in [5.41, 5.74) is 1.23. The fraction of sp³-hybridized carbons (Fsp3) is 0.389. The Hall–Kier alpha value is -3.03. The molecule has 0 atom stereocenters. The second-order valence-corrected chi connectivity index (χ2v) is 6.79. The number of nitrogens with one attached hydrogen (secondary N) is 2. The monoisotopic (exact) mass is 357 g/mol. The molecule has 0 radical (unpaired) electrons. The number of benzene rings is 1. The van der Waals surface area contributed by atoms with Crippen LogP contribution in [0.25, 0.3) is 5.69 Å². The number of rotatable bonds is 4. The molecule has 1 aliphatic rings. The summed E-state index contributed by atoms with van der Waals surface area (Å²) in [6.45, 7) is 6.04. The summed E-state index contributed by atoms with van der Waals surface area (Å²) in [6.07, 6.45) is 1.64. The van der Waals surface area contributed by atoms with Gasteiger partial charge in [0.1, 0.15) is 6.54 Å². The van der Waals surface area contributed by atoms with E-state index in [0.717, 1.165) is 12.2 Å². The van der Waals surface area contributed by atoms with Crippen molar-refractivity contribution in [2.24, 2.45) is 5.92 Å². The molecule has 8 heteroatoms. The summed E-state index contributed by atoms with van der Waals surface area (Å²) in [7, 11) is 0. The van der Waals surface area contributed by atoms with Gasteiger partial charge < -0.3 is 15.1 Å². The quantitative estimate of drug-likeness (QED) is 0.869. The number of carbonyl (C=O) groups excluding carboxylic acids is 2. The van der Waals surface area contributed by atoms with E-state index < -0.39 is 0 Å². The van der Waals surface area contributed by atoms with Gasteiger partial charge in [-0.1, -0.05) is 13.8 Å². The Bertz CT molecular complexity index is 837. The number of hydrogen-bond acceptors (Lipinski definition) is 3. The van der Waals surface area contributed by atoms with Gasteiger partial charge in [-0.25, -0.2) is 4.79 Å². The molecule has 3 amide bonds. The normalized spacial score (nSPS) is 14.8. The zero-order valence-corrected chi connectivity index (χ0v) is 14.9. The Kier molecular flexibility index (Phi) is 5.11. The number of nitrogens with zero attached hydrogens (tertiary/aromatic N) is 3. The SMILES string of the molecule is CC(C)CN1CCN(C(=O)Nc2ccc(-n3ccc(=O)[nH]3)cc2)CC1=O. The molecule has 8 nitrogen and oxygen atoms in total. The van der Waals surface area contributed by atoms with Gasteiger partial charge in [-0.2, -0.15) is 0 Å². The average molecular weight is 357 g/mol. The van der Waals surface area contributed by atoms with Crippen LogP contribution in [0.4, 0.5) is 10.5 Å². The van der Waals surface area contributed by atoms with E-state index in [9.17, 15) is 14.4 Å². The number of amides is 3. The number of anilines is 1. The van der Waals surface area contributed by atoms with Crippen LogP contribution < -0.4 is 10.9 Å². The van der Waals surface area contributed by atoms with Crippen LogP contribution in [0.3, 0.4) is 0 Å². The third-order valence-corrected chi connectivity index (χ3v) is 4.19. The van der Waals surface area contributed by atoms with Gasteiger partial charge in [-0.3, -0.25) is 19.4 Å². The Labute approximate surface area is 151 Å². The van der Waals surface area contributed by atoms with Crippen LogP contribution >= 0.6 is 0 Å². The molecule has 138 valence electrons. The fourth-order valence-electron chi connectivity index (χ4n) is 2.91. The highest BCUT2D eigenvalue weighted by Crippen LogP contribution is 2.14. The Morgan fingerprint density at radius 2 is 1.88 bits per heavy atom. The van der Waals surface area contributed by atoms with E-state index in [1.807, 2.05) is 0 Å². The predicted molar refractivity (Wildman–Crippen MR) is 98.4 cm³/mol. The number of piperazine rings is 1. The van der Waals surface area contributed by atoms with Gasteiger partial charge in [0.05, 0.1) is 5.69 Å². The van der Waals surface area contributed by atoms with Gasteiger partial charge >= 0.3 is 6.03 Å². The van der Waals surface area contributed by atoms with Gasteiger partial charge in [-0.15, -0.1) is 0 Å². The third-order valence-electron chi connectivity index (χ3n) is 4.19. The van der Waals surface area contributed by atoms with E-state index in [4.69, 9.17) is 0 Å². The van der Waals surface area contributed by atoms with Crippen LogP contribution in [-0.4, -0.2) is 57.7 Å². The van der Waals surface area contributed by atoms with Crippen LogP contribution in [0.1, 0.15) is 13.8 Å². The van der Waals surface area contributed by atoms with Gasteiger partial charge in [0.25, 0.3) is 5.56 Å². The maximum Gasteiger partial charge on any atom is 0.322 e. The number of aromatic nitrogens is 2. The summed E-state index contributed by atoms with van der Waals surface area (Å²) in [4.78, 5) is 39.1. The number of urea groups is 1. The topological polar surface area (TPSA) is 90.4 Å². The summed E-state index contributed by atoms with van der Waals surface area (Å²) >= 11 is 0. The van der Waals surface area contributed by atoms with Crippen LogP contribution in [0, 0.1) is 5.92 Å². The smallest absolute Gasteiger partial charge is 0.322 e. The molecule has 0 aliphatic carbocycles. The highest BCUT2D eigenvalue weighted by molar-refractivity contribution is 5.93. The molecule has 1 aromatic heterocycles. The maximum atomic E-state index is 12.4. The number of aromatic amines is 1. The number of H-pyrrole nitrogens is 1. The fourth-order valence-corrected chi connectivity index (χ4v) is 2.91. The molecule has 1 aliphatic heterocycles. The first-order valence-electron chi connectivity index (χ1n) is 8.64. The standard InChI is InChI=1S/C18H23N5O3/c1-13(2)11-21-9-10-22(12-17(21)25)18(26)19-14-3-5-15(6-4-14)23-8-7-16(24)20-23/h3-8,13H,9-12H2,1-2H3,(H,19,26)(H,20,24). The Morgan fingerprint density at radius 3 is 2.46 bits per heavy atom. The molecule has 2 N–H and O–H groups in total. The van der Waals surface area contributed by atoms with Crippen molar-refractivity contribution in [2.45, 2.75) is 13.8 Å². The van der Waals surface area contributed by atoms with E-state index in [0.29, 0.717) is 24.7 Å². The van der Waals surface area contributed by atoms with Crippen molar-refractivity contribution >= 4 is 17.6 Å². The van der Waals surface area contributed by atoms with Crippen molar-refractivity contribution in [3.05, 3.63) is 46.9 Å². The van der Waals surface area contributed by atoms with Crippen molar-refractivity contribution < 1.29 is 9.59 Å². The molecule has 1 saturated heterocycles. The van der Waals surface area contributed by atoms with Gasteiger partial charge in [-0.05, 0) is 30.2 Å². The second kappa shape index (κ2) is 7.47. The zero-order valence-electron chi connectivity index (χ0n) is 14.9. The van der Waals surface area contributed by atoms with Crippen molar-refractivity contribution in [1.82, 2.24) is 19.6 Å². The Morgan fingerprint density at radius 1 is 1.15 bits per heavy atom. The molecule has 2 heterocycles. The van der Waals surface area contributed by atoms with Crippen molar-refractivity contribution in [3.63, 3.8) is 0 Å². The van der Waals surface area contributed by atoms with E-state index in [1.54, 1.807) is 40.0 Å². The van der Waals surface area contributed by atoms with Crippen LogP contribution in [0.5, 0.6) is 0 Å². The Balaban J connectivity index is 1.58. The minimum atomic E-state index is -0.287. The van der Waals surface area contributed by atoms with Gasteiger partial charge in [0, 0.05) is 37.6 Å². The number of hydrogen-bond donors (Lipinski definition) is 2. The molecule has 1 aromatic carbocycles. The lowest BCUT2D eigenvalue weighted by molar-refractivity contribution is -0.135. The molecule has 0 unspecified atom stereocenters. The van der Waals surface area contributed by atoms with Crippen molar-refractivity contribution in [2.75, 3.05) is 31.5 Å². The molecular weight excluding hydrogens is 334 g/mol. The van der Waals surface area contributed by atoms with Gasteiger partial charge in [0.15, 0.2) is 0 Å². The molecule has 2 aromatic rings. The summed E-state index contributed by atoms with van der Waals surface area (Å²) in [5, 5.41) is 5.46. The summed E-state index contributed by atoms with van der Waals surface area (Å²) in [6, 6.07) is 8.23. The molecule has 0 spiro atoms. The molecule has 0 bridgehead atoms. The van der Waals surface area contributed by atoms with E-state index in [1.165, 1.54) is 11.0 Å². The van der Waals surface area contributed by atoms with Crippen LogP contribution in [0.2, 0.25) is 0 Å². The second-order valence-electron chi connectivity index (χ2n) is 6.79. The maximum absolute atomic E-state index is 12.4. The largest absolute Gasteiger partial charge is 0.339 e. The summed E-state index contributed by atoms with van der Waals surface area (Å²) < 4.78 is 1.60. The minimum absolute atomic E-state index is 0.0213. The summed E-state index contributed by atoms with van der Waals surface area (Å²) in [5.74, 6) is 0.389. The molecule has 1 fully saturated rings. The molecular formula is C18H23N5O3. The highest BCUT2D eigenvalue weighted by atomic mass is 16.2. The van der Waals surface area contributed by atoms with Crippen molar-refractivity contribution in [1.29, 1.82) is 0 Å². The lowest BCUT2D eigenvalue weighted by Crippen LogP contribution is -2.53. The van der Waals surface area contributed by atoms with Crippen LogP contribution in [-0.2, 0) is 4.79 Å². The first kappa shape index (κ1) is 17.8. The van der Waals surface area contributed by atoms with Crippen LogP contribution in [0.15, 0.2) is 41.3 Å². The zero-order chi connectivity index (χ0) is 18.7. The van der Waals surface area contributed by atoms with Crippen molar-refractivity contribution in [3.8, 4) is 5.69 Å². The first-order chi connectivity index (χ1) is 12.4.